The molecule has 0 atom stereocenters. The molecule has 0 aliphatic carbocycles. The summed E-state index contributed by atoms with van der Waals surface area (Å²) in [5.41, 5.74) is 0. The second kappa shape index (κ2) is 6.00. The average molecular weight is 286 g/mol. The number of H-pyrrole nitrogens is 1. The Kier molecular flexibility index (Phi) is 4.57. The van der Waals surface area contributed by atoms with Gasteiger partial charge >= 0.3 is 0 Å². The van der Waals surface area contributed by atoms with Gasteiger partial charge in [0, 0.05) is 19.0 Å². The van der Waals surface area contributed by atoms with Crippen LogP contribution in [0.4, 0.5) is 0 Å². The number of nitrogens with zero attached hydrogens (tertiary/aromatic N) is 3. The highest BCUT2D eigenvalue weighted by Crippen LogP contribution is 2.27. The van der Waals surface area contributed by atoms with Crippen LogP contribution in [-0.2, 0) is 10.0 Å². The number of piperidine rings is 1. The molecule has 0 bridgehead atoms. The van der Waals surface area contributed by atoms with Crippen LogP contribution in [0, 0.1) is 6.92 Å². The van der Waals surface area contributed by atoms with Gasteiger partial charge in [0.05, 0.1) is 5.75 Å². The fraction of sp³-hybridized carbons (Fsp3) is 0.833. The van der Waals surface area contributed by atoms with Crippen molar-refractivity contribution in [3.63, 3.8) is 0 Å². The molecule has 1 aliphatic heterocycles. The molecule has 1 saturated heterocycles. The SMILES string of the molecule is CCCCS(=O)(=O)N1CCC(c2n[nH]c(C)n2)CC1. The predicted octanol–water partition coefficient (Wildman–Crippen LogP) is 1.42. The Morgan fingerprint density at radius 3 is 2.58 bits per heavy atom. The summed E-state index contributed by atoms with van der Waals surface area (Å²) in [7, 11) is -3.06. The van der Waals surface area contributed by atoms with Crippen LogP contribution in [0.1, 0.15) is 50.2 Å². The summed E-state index contributed by atoms with van der Waals surface area (Å²) in [4.78, 5) is 4.34. The van der Waals surface area contributed by atoms with Gasteiger partial charge < -0.3 is 0 Å². The van der Waals surface area contributed by atoms with E-state index >= 15 is 0 Å². The summed E-state index contributed by atoms with van der Waals surface area (Å²) in [6, 6.07) is 0. The van der Waals surface area contributed by atoms with Crippen LogP contribution in [-0.4, -0.2) is 46.7 Å². The van der Waals surface area contributed by atoms with Gasteiger partial charge in [-0.05, 0) is 26.2 Å². The van der Waals surface area contributed by atoms with Gasteiger partial charge in [-0.3, -0.25) is 5.10 Å². The molecule has 1 aromatic rings. The third-order valence-electron chi connectivity index (χ3n) is 3.58. The number of nitrogens with one attached hydrogen (secondary N) is 1. The van der Waals surface area contributed by atoms with Crippen LogP contribution in [0.2, 0.25) is 0 Å². The monoisotopic (exact) mass is 286 g/mol. The number of hydrogen-bond acceptors (Lipinski definition) is 4. The highest BCUT2D eigenvalue weighted by Gasteiger charge is 2.29. The molecule has 0 spiro atoms. The Morgan fingerprint density at radius 1 is 1.37 bits per heavy atom. The molecule has 108 valence electrons. The Balaban J connectivity index is 1.92. The topological polar surface area (TPSA) is 79.0 Å². The highest BCUT2D eigenvalue weighted by atomic mass is 32.2. The summed E-state index contributed by atoms with van der Waals surface area (Å²) >= 11 is 0. The van der Waals surface area contributed by atoms with Crippen LogP contribution in [0.25, 0.3) is 0 Å². The molecule has 7 heteroatoms. The van der Waals surface area contributed by atoms with Crippen molar-refractivity contribution < 1.29 is 8.42 Å². The van der Waals surface area contributed by atoms with Crippen molar-refractivity contribution >= 4 is 10.0 Å². The largest absolute Gasteiger partial charge is 0.263 e. The fourth-order valence-electron chi connectivity index (χ4n) is 2.39. The average Bonchev–Trinajstić information content (AvgIpc) is 2.83. The minimum Gasteiger partial charge on any atom is -0.263 e. The second-order valence-corrected chi connectivity index (χ2v) is 7.21. The van der Waals surface area contributed by atoms with Gasteiger partial charge in [-0.1, -0.05) is 13.3 Å². The van der Waals surface area contributed by atoms with Gasteiger partial charge in [-0.15, -0.1) is 0 Å². The van der Waals surface area contributed by atoms with Crippen LogP contribution in [0.3, 0.4) is 0 Å². The third kappa shape index (κ3) is 3.54. The number of aromatic amines is 1. The zero-order valence-electron chi connectivity index (χ0n) is 11.6. The van der Waals surface area contributed by atoms with E-state index in [0.29, 0.717) is 13.1 Å². The molecule has 2 heterocycles. The number of aromatic nitrogens is 3. The maximum atomic E-state index is 12.1. The second-order valence-electron chi connectivity index (χ2n) is 5.12. The number of aryl methyl sites for hydroxylation is 1. The quantitative estimate of drug-likeness (QED) is 0.888. The van der Waals surface area contributed by atoms with Crippen molar-refractivity contribution in [2.24, 2.45) is 0 Å². The van der Waals surface area contributed by atoms with E-state index in [0.717, 1.165) is 37.3 Å². The van der Waals surface area contributed by atoms with Crippen LogP contribution < -0.4 is 0 Å². The van der Waals surface area contributed by atoms with Crippen LogP contribution in [0.5, 0.6) is 0 Å². The van der Waals surface area contributed by atoms with E-state index < -0.39 is 10.0 Å². The van der Waals surface area contributed by atoms with Crippen molar-refractivity contribution in [2.45, 2.75) is 45.4 Å². The molecule has 0 saturated carbocycles. The van der Waals surface area contributed by atoms with Crippen molar-refractivity contribution in [1.82, 2.24) is 19.5 Å². The molecule has 6 nitrogen and oxygen atoms in total. The maximum Gasteiger partial charge on any atom is 0.214 e. The number of unbranched alkanes of at least 4 members (excludes halogenated alkanes) is 1. The van der Waals surface area contributed by atoms with Gasteiger partial charge in [0.25, 0.3) is 0 Å². The van der Waals surface area contributed by atoms with E-state index in [1.165, 1.54) is 0 Å². The molecule has 19 heavy (non-hydrogen) atoms. The molecule has 0 unspecified atom stereocenters. The molecule has 0 aromatic carbocycles. The summed E-state index contributed by atoms with van der Waals surface area (Å²) in [5, 5.41) is 7.01. The lowest BCUT2D eigenvalue weighted by molar-refractivity contribution is 0.313. The lowest BCUT2D eigenvalue weighted by atomic mass is 9.98. The van der Waals surface area contributed by atoms with E-state index in [-0.39, 0.29) is 11.7 Å². The summed E-state index contributed by atoms with van der Waals surface area (Å²) < 4.78 is 25.8. The smallest absolute Gasteiger partial charge is 0.214 e. The van der Waals surface area contributed by atoms with E-state index in [1.807, 2.05) is 13.8 Å². The molecular weight excluding hydrogens is 264 g/mol. The Bertz CT molecular complexity index is 504. The minimum absolute atomic E-state index is 0.272. The molecule has 0 radical (unpaired) electrons. The molecule has 0 amide bonds. The predicted molar refractivity (Wildman–Crippen MR) is 73.4 cm³/mol. The normalized spacial score (nSPS) is 18.8. The van der Waals surface area contributed by atoms with E-state index in [4.69, 9.17) is 0 Å². The first-order chi connectivity index (χ1) is 9.03. The van der Waals surface area contributed by atoms with Gasteiger partial charge in [-0.25, -0.2) is 17.7 Å². The third-order valence-corrected chi connectivity index (χ3v) is 5.54. The first-order valence-electron chi connectivity index (χ1n) is 6.89. The molecule has 2 rings (SSSR count). The first-order valence-corrected chi connectivity index (χ1v) is 8.50. The van der Waals surface area contributed by atoms with Gasteiger partial charge in [0.1, 0.15) is 5.82 Å². The molecule has 1 fully saturated rings. The first kappa shape index (κ1) is 14.5. The lowest BCUT2D eigenvalue weighted by Crippen LogP contribution is -2.39. The lowest BCUT2D eigenvalue weighted by Gasteiger charge is -2.29. The number of sulfonamides is 1. The van der Waals surface area contributed by atoms with Crippen LogP contribution in [0.15, 0.2) is 0 Å². The van der Waals surface area contributed by atoms with Gasteiger partial charge in [0.15, 0.2) is 5.82 Å². The number of rotatable bonds is 5. The minimum atomic E-state index is -3.06. The van der Waals surface area contributed by atoms with Crippen molar-refractivity contribution in [3.05, 3.63) is 11.6 Å². The molecule has 1 aromatic heterocycles. The zero-order chi connectivity index (χ0) is 13.9. The van der Waals surface area contributed by atoms with E-state index in [9.17, 15) is 8.42 Å². The van der Waals surface area contributed by atoms with Gasteiger partial charge in [-0.2, -0.15) is 5.10 Å². The standard InChI is InChI=1S/C12H22N4O2S/c1-3-4-9-19(17,18)16-7-5-11(6-8-16)12-13-10(2)14-15-12/h11H,3-9H2,1-2H3,(H,13,14,15). The molecule has 1 aliphatic rings. The van der Waals surface area contributed by atoms with Crippen molar-refractivity contribution in [1.29, 1.82) is 0 Å². The maximum absolute atomic E-state index is 12.1. The summed E-state index contributed by atoms with van der Waals surface area (Å²) in [6.45, 7) is 5.06. The van der Waals surface area contributed by atoms with Crippen LogP contribution >= 0.6 is 0 Å². The van der Waals surface area contributed by atoms with Crippen molar-refractivity contribution in [2.75, 3.05) is 18.8 Å². The van der Waals surface area contributed by atoms with E-state index in [1.54, 1.807) is 4.31 Å². The zero-order valence-corrected chi connectivity index (χ0v) is 12.4. The molecule has 1 N–H and O–H groups in total. The van der Waals surface area contributed by atoms with E-state index in [2.05, 4.69) is 15.2 Å². The van der Waals surface area contributed by atoms with Gasteiger partial charge in [0.2, 0.25) is 10.0 Å². The Hall–Kier alpha value is -0.950. The number of hydrogen-bond donors (Lipinski definition) is 1. The summed E-state index contributed by atoms with van der Waals surface area (Å²) in [5.74, 6) is 2.19. The molecular formula is C12H22N4O2S. The summed E-state index contributed by atoms with van der Waals surface area (Å²) in [6.07, 6.45) is 3.26. The Morgan fingerprint density at radius 2 is 2.05 bits per heavy atom. The highest BCUT2D eigenvalue weighted by molar-refractivity contribution is 7.89. The van der Waals surface area contributed by atoms with Crippen molar-refractivity contribution in [3.8, 4) is 0 Å². The Labute approximate surface area is 114 Å². The fourth-order valence-corrected chi connectivity index (χ4v) is 4.07.